The number of pyridine rings is 1. The zero-order valence-electron chi connectivity index (χ0n) is 15.1. The Hall–Kier alpha value is -2.65. The van der Waals surface area contributed by atoms with Gasteiger partial charge in [0.2, 0.25) is 10.0 Å². The molecule has 0 aliphatic carbocycles. The van der Waals surface area contributed by atoms with E-state index in [1.807, 2.05) is 0 Å². The molecule has 8 nitrogen and oxygen atoms in total. The summed E-state index contributed by atoms with van der Waals surface area (Å²) in [6.45, 7) is 0.102. The van der Waals surface area contributed by atoms with Crippen molar-refractivity contribution in [3.8, 4) is 5.75 Å². The minimum atomic E-state index is -3.89. The van der Waals surface area contributed by atoms with Gasteiger partial charge in [-0.3, -0.25) is 4.79 Å². The Labute approximate surface area is 153 Å². The maximum Gasteiger partial charge on any atom is 0.253 e. The van der Waals surface area contributed by atoms with Crippen LogP contribution in [0, 0.1) is 0 Å². The van der Waals surface area contributed by atoms with Crippen molar-refractivity contribution in [1.29, 1.82) is 0 Å². The van der Waals surface area contributed by atoms with Crippen molar-refractivity contribution in [3.63, 3.8) is 0 Å². The molecule has 26 heavy (non-hydrogen) atoms. The average molecular weight is 378 g/mol. The van der Waals surface area contributed by atoms with Gasteiger partial charge in [0.1, 0.15) is 16.5 Å². The molecule has 0 atom stereocenters. The first-order valence-electron chi connectivity index (χ1n) is 7.73. The summed E-state index contributed by atoms with van der Waals surface area (Å²) in [4.78, 5) is 17.4. The minimum absolute atomic E-state index is 0.0707. The van der Waals surface area contributed by atoms with Crippen LogP contribution in [0.5, 0.6) is 5.75 Å². The van der Waals surface area contributed by atoms with Crippen molar-refractivity contribution in [3.05, 3.63) is 47.7 Å². The van der Waals surface area contributed by atoms with Gasteiger partial charge in [0, 0.05) is 39.4 Å². The molecule has 0 aliphatic heterocycles. The number of ether oxygens (including phenoxy) is 1. The quantitative estimate of drug-likeness (QED) is 0.809. The number of benzene rings is 1. The fourth-order valence-electron chi connectivity index (χ4n) is 2.31. The first kappa shape index (κ1) is 19.7. The topological polar surface area (TPSA) is 106 Å². The summed E-state index contributed by atoms with van der Waals surface area (Å²) < 4.78 is 32.4. The van der Waals surface area contributed by atoms with E-state index >= 15 is 0 Å². The van der Waals surface area contributed by atoms with Gasteiger partial charge in [-0.2, -0.15) is 4.31 Å². The number of carbonyl (C=O) groups excluding carboxylic acids is 1. The summed E-state index contributed by atoms with van der Waals surface area (Å²) in [5, 5.41) is 0. The van der Waals surface area contributed by atoms with Crippen molar-refractivity contribution in [2.75, 3.05) is 34.0 Å². The number of hydrogen-bond acceptors (Lipinski definition) is 6. The number of carbonyl (C=O) groups is 1. The second kappa shape index (κ2) is 7.71. The lowest BCUT2D eigenvalue weighted by molar-refractivity contribution is 0.0827. The molecule has 0 spiro atoms. The van der Waals surface area contributed by atoms with Crippen LogP contribution in [-0.4, -0.2) is 56.8 Å². The molecule has 0 aliphatic rings. The van der Waals surface area contributed by atoms with Gasteiger partial charge >= 0.3 is 0 Å². The van der Waals surface area contributed by atoms with E-state index in [1.165, 1.54) is 47.8 Å². The Morgan fingerprint density at radius 1 is 1.19 bits per heavy atom. The zero-order valence-corrected chi connectivity index (χ0v) is 15.9. The van der Waals surface area contributed by atoms with E-state index in [4.69, 9.17) is 10.5 Å². The molecular formula is C17H22N4O4S. The summed E-state index contributed by atoms with van der Waals surface area (Å²) in [5.74, 6) is 0.230. The number of anilines is 1. The van der Waals surface area contributed by atoms with E-state index in [0.717, 1.165) is 0 Å². The number of aromatic nitrogens is 1. The molecule has 0 radical (unpaired) electrons. The highest BCUT2D eigenvalue weighted by Crippen LogP contribution is 2.28. The van der Waals surface area contributed by atoms with E-state index in [0.29, 0.717) is 11.4 Å². The van der Waals surface area contributed by atoms with E-state index in [9.17, 15) is 13.2 Å². The zero-order chi connectivity index (χ0) is 19.5. The number of nitrogen functional groups attached to an aromatic ring is 1. The van der Waals surface area contributed by atoms with Crippen LogP contribution >= 0.6 is 0 Å². The smallest absolute Gasteiger partial charge is 0.253 e. The number of methoxy groups -OCH3 is 1. The van der Waals surface area contributed by atoms with Crippen molar-refractivity contribution in [2.24, 2.45) is 0 Å². The fraction of sp³-hybridized carbons (Fsp3) is 0.294. The van der Waals surface area contributed by atoms with Gasteiger partial charge in [0.05, 0.1) is 7.11 Å². The molecule has 0 saturated heterocycles. The van der Waals surface area contributed by atoms with Crippen LogP contribution in [-0.2, 0) is 16.6 Å². The predicted octanol–water partition coefficient (Wildman–Crippen LogP) is 1.19. The molecule has 2 rings (SSSR count). The average Bonchev–Trinajstić information content (AvgIpc) is 2.62. The monoisotopic (exact) mass is 378 g/mol. The summed E-state index contributed by atoms with van der Waals surface area (Å²) in [6, 6.07) is 7.64. The van der Waals surface area contributed by atoms with Crippen molar-refractivity contribution < 1.29 is 17.9 Å². The van der Waals surface area contributed by atoms with Gasteiger partial charge in [-0.05, 0) is 29.8 Å². The van der Waals surface area contributed by atoms with Gasteiger partial charge in [-0.15, -0.1) is 0 Å². The third kappa shape index (κ3) is 4.12. The molecule has 9 heteroatoms. The fourth-order valence-corrected chi connectivity index (χ4v) is 3.65. The summed E-state index contributed by atoms with van der Waals surface area (Å²) in [6.07, 6.45) is 1.52. The lowest BCUT2D eigenvalue weighted by Crippen LogP contribution is -2.28. The first-order valence-corrected chi connectivity index (χ1v) is 9.17. The highest BCUT2D eigenvalue weighted by molar-refractivity contribution is 7.89. The maximum absolute atomic E-state index is 13.0. The van der Waals surface area contributed by atoms with Gasteiger partial charge in [-0.25, -0.2) is 13.4 Å². The van der Waals surface area contributed by atoms with Crippen LogP contribution in [0.1, 0.15) is 15.9 Å². The molecule has 1 amide bonds. The summed E-state index contributed by atoms with van der Waals surface area (Å²) in [7, 11) is 2.13. The van der Waals surface area contributed by atoms with Gasteiger partial charge in [0.25, 0.3) is 5.91 Å². The number of nitrogens with zero attached hydrogens (tertiary/aromatic N) is 3. The molecule has 1 aromatic heterocycles. The normalized spacial score (nSPS) is 11.4. The van der Waals surface area contributed by atoms with E-state index in [2.05, 4.69) is 4.98 Å². The highest BCUT2D eigenvalue weighted by Gasteiger charge is 2.26. The van der Waals surface area contributed by atoms with Crippen LogP contribution in [0.15, 0.2) is 41.4 Å². The summed E-state index contributed by atoms with van der Waals surface area (Å²) in [5.41, 5.74) is 6.49. The Bertz CT molecular complexity index is 895. The summed E-state index contributed by atoms with van der Waals surface area (Å²) >= 11 is 0. The van der Waals surface area contributed by atoms with Crippen LogP contribution in [0.2, 0.25) is 0 Å². The lowest BCUT2D eigenvalue weighted by atomic mass is 10.2. The van der Waals surface area contributed by atoms with Crippen LogP contribution < -0.4 is 10.5 Å². The van der Waals surface area contributed by atoms with Crippen LogP contribution in [0.25, 0.3) is 0 Å². The lowest BCUT2D eigenvalue weighted by Gasteiger charge is -2.20. The molecule has 1 aromatic carbocycles. The van der Waals surface area contributed by atoms with Gasteiger partial charge < -0.3 is 15.4 Å². The Morgan fingerprint density at radius 2 is 1.88 bits per heavy atom. The van der Waals surface area contributed by atoms with Crippen LogP contribution in [0.4, 0.5) is 5.82 Å². The second-order valence-corrected chi connectivity index (χ2v) is 7.93. The molecule has 0 fully saturated rings. The predicted molar refractivity (Wildman–Crippen MR) is 98.3 cm³/mol. The molecule has 2 aromatic rings. The molecule has 1 heterocycles. The second-order valence-electron chi connectivity index (χ2n) is 5.92. The molecule has 2 N–H and O–H groups in total. The Kier molecular flexibility index (Phi) is 5.83. The number of nitrogens with two attached hydrogens (primary N) is 1. The standard InChI is InChI=1S/C17H22N4O4S/c1-20(2)17(22)13-6-7-14(25-4)15(9-13)26(23,24)21(3)11-12-5-8-16(18)19-10-12/h5-10H,11H2,1-4H3,(H2,18,19). The Morgan fingerprint density at radius 3 is 2.42 bits per heavy atom. The van der Waals surface area contributed by atoms with E-state index < -0.39 is 10.0 Å². The molecule has 0 saturated carbocycles. The molecular weight excluding hydrogens is 356 g/mol. The van der Waals surface area contributed by atoms with Gasteiger partial charge in [-0.1, -0.05) is 6.07 Å². The first-order chi connectivity index (χ1) is 12.2. The molecule has 140 valence electrons. The van der Waals surface area contributed by atoms with E-state index in [1.54, 1.807) is 26.2 Å². The number of hydrogen-bond donors (Lipinski definition) is 1. The minimum Gasteiger partial charge on any atom is -0.495 e. The van der Waals surface area contributed by atoms with Crippen LogP contribution in [0.3, 0.4) is 0 Å². The van der Waals surface area contributed by atoms with E-state index in [-0.39, 0.29) is 28.7 Å². The largest absolute Gasteiger partial charge is 0.495 e. The number of rotatable bonds is 6. The number of sulfonamides is 1. The molecule has 0 bridgehead atoms. The third-order valence-electron chi connectivity index (χ3n) is 3.76. The maximum atomic E-state index is 13.0. The van der Waals surface area contributed by atoms with Gasteiger partial charge in [0.15, 0.2) is 0 Å². The van der Waals surface area contributed by atoms with Crippen molar-refractivity contribution in [2.45, 2.75) is 11.4 Å². The Balaban J connectivity index is 2.41. The SMILES string of the molecule is COc1ccc(C(=O)N(C)C)cc1S(=O)(=O)N(C)Cc1ccc(N)nc1. The molecule has 0 unspecified atom stereocenters. The number of amides is 1. The van der Waals surface area contributed by atoms with Crippen molar-refractivity contribution >= 4 is 21.7 Å². The highest BCUT2D eigenvalue weighted by atomic mass is 32.2. The third-order valence-corrected chi connectivity index (χ3v) is 5.58. The van der Waals surface area contributed by atoms with Crippen molar-refractivity contribution in [1.82, 2.24) is 14.2 Å².